The lowest BCUT2D eigenvalue weighted by Gasteiger charge is -2.06. The first-order chi connectivity index (χ1) is 10.8. The highest BCUT2D eigenvalue weighted by molar-refractivity contribution is 5.84. The molecule has 0 unspecified atom stereocenters. The van der Waals surface area contributed by atoms with Gasteiger partial charge in [-0.25, -0.2) is 14.8 Å². The van der Waals surface area contributed by atoms with Crippen LogP contribution in [0.3, 0.4) is 0 Å². The van der Waals surface area contributed by atoms with E-state index in [1.807, 2.05) is 18.2 Å². The molecule has 1 aromatic carbocycles. The van der Waals surface area contributed by atoms with Gasteiger partial charge >= 0.3 is 5.97 Å². The predicted molar refractivity (Wildman–Crippen MR) is 83.1 cm³/mol. The monoisotopic (exact) mass is 301 g/mol. The highest BCUT2D eigenvalue weighted by Crippen LogP contribution is 2.02. The highest BCUT2D eigenvalue weighted by atomic mass is 16.5. The summed E-state index contributed by atoms with van der Waals surface area (Å²) >= 11 is 0. The van der Waals surface area contributed by atoms with Crippen LogP contribution in [0.15, 0.2) is 42.7 Å². The lowest BCUT2D eigenvalue weighted by atomic mass is 10.2. The van der Waals surface area contributed by atoms with Crippen LogP contribution in [0.25, 0.3) is 0 Å². The quantitative estimate of drug-likeness (QED) is 0.691. The van der Waals surface area contributed by atoms with Crippen molar-refractivity contribution in [3.8, 4) is 0 Å². The number of ether oxygens (including phenoxy) is 1. The maximum atomic E-state index is 10.6. The number of carboxylic acids is 1. The topological polar surface area (TPSA) is 84.3 Å². The first-order valence-electron chi connectivity index (χ1n) is 7.16. The number of nitrogens with zero attached hydrogens (tertiary/aromatic N) is 2. The summed E-state index contributed by atoms with van der Waals surface area (Å²) in [6.45, 7) is 2.07. The molecule has 2 rings (SSSR count). The van der Waals surface area contributed by atoms with Gasteiger partial charge in [0.1, 0.15) is 5.82 Å². The molecule has 116 valence electrons. The van der Waals surface area contributed by atoms with Gasteiger partial charge in [0.15, 0.2) is 5.69 Å². The van der Waals surface area contributed by atoms with Crippen LogP contribution in [0.2, 0.25) is 0 Å². The second-order valence-corrected chi connectivity index (χ2v) is 4.72. The number of carboxylic acid groups (broad SMARTS) is 1. The molecule has 0 spiro atoms. The van der Waals surface area contributed by atoms with Gasteiger partial charge in [0, 0.05) is 13.2 Å². The lowest BCUT2D eigenvalue weighted by molar-refractivity contribution is 0.0690. The molecule has 2 aromatic rings. The second-order valence-electron chi connectivity index (χ2n) is 4.72. The maximum absolute atomic E-state index is 10.6. The molecule has 0 fully saturated rings. The number of hydrogen-bond acceptors (Lipinski definition) is 5. The summed E-state index contributed by atoms with van der Waals surface area (Å²) in [6.07, 6.45) is 4.41. The van der Waals surface area contributed by atoms with Crippen LogP contribution < -0.4 is 5.32 Å². The van der Waals surface area contributed by atoms with E-state index < -0.39 is 5.97 Å². The fourth-order valence-electron chi connectivity index (χ4n) is 1.86. The molecular formula is C16H19N3O3. The summed E-state index contributed by atoms with van der Waals surface area (Å²) in [5, 5.41) is 11.8. The number of carbonyl (C=O) groups is 1. The van der Waals surface area contributed by atoms with Gasteiger partial charge in [0.05, 0.1) is 19.0 Å². The van der Waals surface area contributed by atoms with Crippen LogP contribution >= 0.6 is 0 Å². The molecule has 1 heterocycles. The minimum absolute atomic E-state index is 0.0604. The Bertz CT molecular complexity index is 573. The van der Waals surface area contributed by atoms with Gasteiger partial charge in [-0.05, 0) is 18.4 Å². The van der Waals surface area contributed by atoms with E-state index >= 15 is 0 Å². The third kappa shape index (κ3) is 5.49. The van der Waals surface area contributed by atoms with Crippen molar-refractivity contribution in [1.82, 2.24) is 9.97 Å². The smallest absolute Gasteiger partial charge is 0.356 e. The van der Waals surface area contributed by atoms with Crippen molar-refractivity contribution in [1.29, 1.82) is 0 Å². The number of aromatic nitrogens is 2. The molecule has 0 saturated carbocycles. The zero-order valence-corrected chi connectivity index (χ0v) is 12.2. The van der Waals surface area contributed by atoms with E-state index in [2.05, 4.69) is 27.4 Å². The molecule has 0 aliphatic carbocycles. The van der Waals surface area contributed by atoms with Crippen LogP contribution in [0, 0.1) is 0 Å². The summed E-state index contributed by atoms with van der Waals surface area (Å²) in [7, 11) is 0. The number of rotatable bonds is 9. The minimum atomic E-state index is -1.08. The molecule has 0 aliphatic rings. The molecule has 0 saturated heterocycles. The van der Waals surface area contributed by atoms with Crippen LogP contribution in [0.1, 0.15) is 22.5 Å². The zero-order chi connectivity index (χ0) is 15.6. The maximum Gasteiger partial charge on any atom is 0.356 e. The average molecular weight is 301 g/mol. The van der Waals surface area contributed by atoms with Gasteiger partial charge in [-0.1, -0.05) is 30.3 Å². The van der Waals surface area contributed by atoms with E-state index in [4.69, 9.17) is 9.84 Å². The van der Waals surface area contributed by atoms with Gasteiger partial charge < -0.3 is 15.2 Å². The van der Waals surface area contributed by atoms with Gasteiger partial charge in [0.2, 0.25) is 0 Å². The van der Waals surface area contributed by atoms with E-state index in [1.54, 1.807) is 0 Å². The summed E-state index contributed by atoms with van der Waals surface area (Å²) in [4.78, 5) is 18.4. The molecule has 22 heavy (non-hydrogen) atoms. The minimum Gasteiger partial charge on any atom is -0.476 e. The average Bonchev–Trinajstić information content (AvgIpc) is 2.55. The van der Waals surface area contributed by atoms with Crippen LogP contribution in [-0.2, 0) is 11.2 Å². The van der Waals surface area contributed by atoms with E-state index in [-0.39, 0.29) is 5.69 Å². The Morgan fingerprint density at radius 2 is 1.95 bits per heavy atom. The summed E-state index contributed by atoms with van der Waals surface area (Å²) in [6, 6.07) is 10.2. The Hall–Kier alpha value is -2.47. The number of aromatic carboxylic acids is 1. The van der Waals surface area contributed by atoms with Crippen molar-refractivity contribution in [3.05, 3.63) is 54.0 Å². The third-order valence-electron chi connectivity index (χ3n) is 3.02. The number of benzene rings is 1. The van der Waals surface area contributed by atoms with Crippen molar-refractivity contribution < 1.29 is 14.6 Å². The summed E-state index contributed by atoms with van der Waals surface area (Å²) < 4.78 is 5.57. The fraction of sp³-hybridized carbons (Fsp3) is 0.312. The second kappa shape index (κ2) is 8.74. The van der Waals surface area contributed by atoms with Crippen molar-refractivity contribution in [3.63, 3.8) is 0 Å². The molecular weight excluding hydrogens is 282 g/mol. The largest absolute Gasteiger partial charge is 0.476 e. The summed E-state index contributed by atoms with van der Waals surface area (Å²) in [5.41, 5.74) is 1.21. The van der Waals surface area contributed by atoms with E-state index in [9.17, 15) is 4.79 Å². The Labute approximate surface area is 129 Å². The van der Waals surface area contributed by atoms with Crippen molar-refractivity contribution in [2.75, 3.05) is 25.1 Å². The summed E-state index contributed by atoms with van der Waals surface area (Å²) in [5.74, 6) is -0.514. The van der Waals surface area contributed by atoms with Crippen LogP contribution in [-0.4, -0.2) is 40.8 Å². The van der Waals surface area contributed by atoms with Gasteiger partial charge in [0.25, 0.3) is 0 Å². The van der Waals surface area contributed by atoms with E-state index in [0.29, 0.717) is 25.6 Å². The Morgan fingerprint density at radius 1 is 1.14 bits per heavy atom. The molecule has 6 heteroatoms. The van der Waals surface area contributed by atoms with Crippen molar-refractivity contribution >= 4 is 11.8 Å². The van der Waals surface area contributed by atoms with E-state index in [0.717, 1.165) is 12.8 Å². The molecule has 0 bridgehead atoms. The molecule has 0 aliphatic heterocycles. The van der Waals surface area contributed by atoms with Crippen molar-refractivity contribution in [2.45, 2.75) is 12.8 Å². The first kappa shape index (κ1) is 15.9. The third-order valence-corrected chi connectivity index (χ3v) is 3.02. The Kier molecular flexibility index (Phi) is 6.32. The number of nitrogens with one attached hydrogen (secondary N) is 1. The van der Waals surface area contributed by atoms with Gasteiger partial charge in [-0.2, -0.15) is 0 Å². The molecule has 0 atom stereocenters. The fourth-order valence-corrected chi connectivity index (χ4v) is 1.86. The van der Waals surface area contributed by atoms with Gasteiger partial charge in [-0.3, -0.25) is 0 Å². The van der Waals surface area contributed by atoms with Crippen LogP contribution in [0.4, 0.5) is 5.82 Å². The highest BCUT2D eigenvalue weighted by Gasteiger charge is 2.04. The number of hydrogen-bond donors (Lipinski definition) is 2. The molecule has 0 radical (unpaired) electrons. The molecule has 6 nitrogen and oxygen atoms in total. The molecule has 2 N–H and O–H groups in total. The first-order valence-corrected chi connectivity index (χ1v) is 7.16. The molecule has 1 aromatic heterocycles. The van der Waals surface area contributed by atoms with E-state index in [1.165, 1.54) is 18.0 Å². The Balaban J connectivity index is 1.55. The van der Waals surface area contributed by atoms with Crippen LogP contribution in [0.5, 0.6) is 0 Å². The van der Waals surface area contributed by atoms with Gasteiger partial charge in [-0.15, -0.1) is 0 Å². The molecule has 0 amide bonds. The van der Waals surface area contributed by atoms with Crippen molar-refractivity contribution in [2.24, 2.45) is 0 Å². The standard InChI is InChI=1S/C16H19N3O3/c20-16(21)14-11-19-15(12-18-14)17-8-4-9-22-10-7-13-5-2-1-3-6-13/h1-3,5-6,11-12H,4,7-10H2,(H,17,19)(H,20,21). The normalized spacial score (nSPS) is 10.4. The SMILES string of the molecule is O=C(O)c1cnc(NCCCOCCc2ccccc2)cn1. The number of anilines is 1. The lowest BCUT2D eigenvalue weighted by Crippen LogP contribution is -2.09. The predicted octanol–water partition coefficient (Wildman–Crippen LogP) is 2.24. The zero-order valence-electron chi connectivity index (χ0n) is 12.2. The Morgan fingerprint density at radius 3 is 2.64 bits per heavy atom.